The molecule has 0 saturated carbocycles. The number of fused-ring (bicyclic) bond motifs is 1. The largest absolute Gasteiger partial charge is 0.487 e. The molecule has 2 atom stereocenters. The van der Waals surface area contributed by atoms with Gasteiger partial charge in [0, 0.05) is 18.8 Å². The Morgan fingerprint density at radius 3 is 3.14 bits per heavy atom. The number of rotatable bonds is 8. The molecule has 0 fully saturated rings. The number of carbonyl (C=O) groups excluding carboxylic acids is 1. The van der Waals surface area contributed by atoms with Crippen molar-refractivity contribution in [3.05, 3.63) is 23.8 Å². The Kier molecular flexibility index (Phi) is 6.21. The summed E-state index contributed by atoms with van der Waals surface area (Å²) in [5.74, 6) is 0.909. The molecule has 5 nitrogen and oxygen atoms in total. The predicted molar refractivity (Wildman–Crippen MR) is 87.9 cm³/mol. The number of carbonyl (C=O) groups is 1. The molecule has 0 aliphatic carbocycles. The van der Waals surface area contributed by atoms with Crippen molar-refractivity contribution < 1.29 is 14.3 Å². The Balaban J connectivity index is 1.89. The maximum atomic E-state index is 12.5. The standard InChI is InChI=1S/C17H26N2O3/c1-4-21-9-5-8-18-13(3)17(20)14-6-7-16-15(10-14)19-11-12(2)22-16/h6-7,10,12-13,18-19H,4-5,8-9,11H2,1-3H3. The number of ketones is 1. The van der Waals surface area contributed by atoms with Crippen LogP contribution in [0.1, 0.15) is 37.6 Å². The normalized spacial score (nSPS) is 18.0. The van der Waals surface area contributed by atoms with Gasteiger partial charge in [-0.2, -0.15) is 0 Å². The van der Waals surface area contributed by atoms with E-state index in [2.05, 4.69) is 10.6 Å². The SMILES string of the molecule is CCOCCCNC(C)C(=O)c1ccc2c(c1)NCC(C)O2. The summed E-state index contributed by atoms with van der Waals surface area (Å²) in [7, 11) is 0. The Bertz CT molecular complexity index is 505. The zero-order valence-corrected chi connectivity index (χ0v) is 13.6. The van der Waals surface area contributed by atoms with Crippen LogP contribution in [0.5, 0.6) is 5.75 Å². The van der Waals surface area contributed by atoms with E-state index in [9.17, 15) is 4.79 Å². The van der Waals surface area contributed by atoms with Gasteiger partial charge in [0.05, 0.1) is 18.3 Å². The van der Waals surface area contributed by atoms with Crippen LogP contribution in [-0.4, -0.2) is 44.2 Å². The van der Waals surface area contributed by atoms with Crippen LogP contribution in [0.3, 0.4) is 0 Å². The molecule has 0 bridgehead atoms. The lowest BCUT2D eigenvalue weighted by Gasteiger charge is -2.25. The molecular weight excluding hydrogens is 280 g/mol. The van der Waals surface area contributed by atoms with E-state index in [1.807, 2.05) is 39.0 Å². The zero-order chi connectivity index (χ0) is 15.9. The van der Waals surface area contributed by atoms with Crippen LogP contribution in [0.15, 0.2) is 18.2 Å². The fraction of sp³-hybridized carbons (Fsp3) is 0.588. The molecule has 1 aliphatic heterocycles. The van der Waals surface area contributed by atoms with E-state index < -0.39 is 0 Å². The first-order valence-corrected chi connectivity index (χ1v) is 8.01. The van der Waals surface area contributed by atoms with Crippen molar-refractivity contribution in [3.8, 4) is 5.75 Å². The second-order valence-electron chi connectivity index (χ2n) is 5.61. The fourth-order valence-electron chi connectivity index (χ4n) is 2.42. The van der Waals surface area contributed by atoms with Crippen molar-refractivity contribution in [2.24, 2.45) is 0 Å². The second kappa shape index (κ2) is 8.15. The summed E-state index contributed by atoms with van der Waals surface area (Å²) < 4.78 is 11.0. The van der Waals surface area contributed by atoms with Gasteiger partial charge in [-0.25, -0.2) is 0 Å². The van der Waals surface area contributed by atoms with E-state index in [1.165, 1.54) is 0 Å². The van der Waals surface area contributed by atoms with Gasteiger partial charge in [0.1, 0.15) is 11.9 Å². The number of benzene rings is 1. The second-order valence-corrected chi connectivity index (χ2v) is 5.61. The van der Waals surface area contributed by atoms with Gasteiger partial charge < -0.3 is 20.1 Å². The number of nitrogens with one attached hydrogen (secondary N) is 2. The van der Waals surface area contributed by atoms with Crippen LogP contribution in [0.4, 0.5) is 5.69 Å². The minimum absolute atomic E-state index is 0.0969. The highest BCUT2D eigenvalue weighted by Crippen LogP contribution is 2.30. The third-order valence-corrected chi connectivity index (χ3v) is 3.69. The maximum absolute atomic E-state index is 12.5. The summed E-state index contributed by atoms with van der Waals surface area (Å²) in [4.78, 5) is 12.5. The van der Waals surface area contributed by atoms with Crippen molar-refractivity contribution >= 4 is 11.5 Å². The molecule has 1 aromatic carbocycles. The maximum Gasteiger partial charge on any atom is 0.179 e. The minimum atomic E-state index is -0.205. The molecule has 0 spiro atoms. The highest BCUT2D eigenvalue weighted by Gasteiger charge is 2.19. The van der Waals surface area contributed by atoms with Gasteiger partial charge in [0.2, 0.25) is 0 Å². The molecule has 0 aromatic heterocycles. The number of ether oxygens (including phenoxy) is 2. The molecule has 2 unspecified atom stereocenters. The summed E-state index contributed by atoms with van der Waals surface area (Å²) in [6, 6.07) is 5.37. The van der Waals surface area contributed by atoms with E-state index in [4.69, 9.17) is 9.47 Å². The number of hydrogen-bond acceptors (Lipinski definition) is 5. The van der Waals surface area contributed by atoms with Gasteiger partial charge in [-0.05, 0) is 51.9 Å². The van der Waals surface area contributed by atoms with Gasteiger partial charge in [-0.15, -0.1) is 0 Å². The molecule has 0 radical (unpaired) electrons. The quantitative estimate of drug-likeness (QED) is 0.571. The highest BCUT2D eigenvalue weighted by atomic mass is 16.5. The van der Waals surface area contributed by atoms with Crippen LogP contribution in [-0.2, 0) is 4.74 Å². The molecule has 122 valence electrons. The van der Waals surface area contributed by atoms with E-state index >= 15 is 0 Å². The monoisotopic (exact) mass is 306 g/mol. The van der Waals surface area contributed by atoms with E-state index in [0.717, 1.165) is 44.2 Å². The van der Waals surface area contributed by atoms with E-state index in [0.29, 0.717) is 5.56 Å². The lowest BCUT2D eigenvalue weighted by Crippen LogP contribution is -2.35. The average Bonchev–Trinajstić information content (AvgIpc) is 2.53. The van der Waals surface area contributed by atoms with Crippen LogP contribution in [0.2, 0.25) is 0 Å². The van der Waals surface area contributed by atoms with Crippen LogP contribution >= 0.6 is 0 Å². The first kappa shape index (κ1) is 16.8. The third kappa shape index (κ3) is 4.45. The van der Waals surface area contributed by atoms with Gasteiger partial charge in [-0.1, -0.05) is 0 Å². The molecule has 5 heteroatoms. The lowest BCUT2D eigenvalue weighted by atomic mass is 10.0. The van der Waals surface area contributed by atoms with Gasteiger partial charge in [-0.3, -0.25) is 4.79 Å². The average molecular weight is 306 g/mol. The zero-order valence-electron chi connectivity index (χ0n) is 13.6. The van der Waals surface area contributed by atoms with Gasteiger partial charge >= 0.3 is 0 Å². The summed E-state index contributed by atoms with van der Waals surface area (Å²) in [6.07, 6.45) is 1.06. The molecule has 2 N–H and O–H groups in total. The van der Waals surface area contributed by atoms with Crippen molar-refractivity contribution in [3.63, 3.8) is 0 Å². The van der Waals surface area contributed by atoms with Crippen molar-refractivity contribution in [2.45, 2.75) is 39.3 Å². The summed E-state index contributed by atoms with van der Waals surface area (Å²) >= 11 is 0. The van der Waals surface area contributed by atoms with Gasteiger partial charge in [0.25, 0.3) is 0 Å². The summed E-state index contributed by atoms with van der Waals surface area (Å²) in [5, 5.41) is 6.54. The number of anilines is 1. The van der Waals surface area contributed by atoms with E-state index in [1.54, 1.807) is 0 Å². The number of Topliss-reactive ketones (excluding diaryl/α,β-unsaturated/α-hetero) is 1. The van der Waals surface area contributed by atoms with Gasteiger partial charge in [0.15, 0.2) is 5.78 Å². The van der Waals surface area contributed by atoms with Crippen LogP contribution in [0.25, 0.3) is 0 Å². The Hall–Kier alpha value is -1.59. The predicted octanol–water partition coefficient (Wildman–Crippen LogP) is 2.47. The Morgan fingerprint density at radius 2 is 2.36 bits per heavy atom. The van der Waals surface area contributed by atoms with Crippen molar-refractivity contribution in [2.75, 3.05) is 31.6 Å². The third-order valence-electron chi connectivity index (χ3n) is 3.69. The molecule has 1 heterocycles. The summed E-state index contributed by atoms with van der Waals surface area (Å²) in [6.45, 7) is 8.89. The van der Waals surface area contributed by atoms with Crippen molar-refractivity contribution in [1.29, 1.82) is 0 Å². The molecule has 1 aromatic rings. The molecule has 2 rings (SSSR count). The Morgan fingerprint density at radius 1 is 1.55 bits per heavy atom. The molecule has 22 heavy (non-hydrogen) atoms. The highest BCUT2D eigenvalue weighted by molar-refractivity contribution is 6.01. The molecule has 0 amide bonds. The fourth-order valence-corrected chi connectivity index (χ4v) is 2.42. The topological polar surface area (TPSA) is 59.6 Å². The smallest absolute Gasteiger partial charge is 0.179 e. The van der Waals surface area contributed by atoms with Crippen LogP contribution < -0.4 is 15.4 Å². The van der Waals surface area contributed by atoms with E-state index in [-0.39, 0.29) is 17.9 Å². The van der Waals surface area contributed by atoms with Crippen LogP contribution in [0, 0.1) is 0 Å². The molecular formula is C17H26N2O3. The first-order valence-electron chi connectivity index (χ1n) is 8.01. The first-order chi connectivity index (χ1) is 10.6. The minimum Gasteiger partial charge on any atom is -0.487 e. The molecule has 1 aliphatic rings. The molecule has 0 saturated heterocycles. The van der Waals surface area contributed by atoms with Crippen molar-refractivity contribution in [1.82, 2.24) is 5.32 Å². The summed E-state index contributed by atoms with van der Waals surface area (Å²) in [5.41, 5.74) is 1.60. The number of hydrogen-bond donors (Lipinski definition) is 2. The Labute approximate surface area is 132 Å². The lowest BCUT2D eigenvalue weighted by molar-refractivity contribution is 0.0946.